The lowest BCUT2D eigenvalue weighted by molar-refractivity contribution is 0.440. The number of aromatic hydroxyl groups is 2. The molecule has 0 fully saturated rings. The first kappa shape index (κ1) is 14.4. The predicted octanol–water partition coefficient (Wildman–Crippen LogP) is 2.41. The van der Waals surface area contributed by atoms with E-state index in [0.29, 0.717) is 5.56 Å². The highest BCUT2D eigenvalue weighted by molar-refractivity contribution is 5.40. The first-order chi connectivity index (χ1) is 9.58. The largest absolute Gasteiger partial charge is 0.508 e. The van der Waals surface area contributed by atoms with E-state index in [4.69, 9.17) is 0 Å². The van der Waals surface area contributed by atoms with Crippen LogP contribution in [0.4, 0.5) is 0 Å². The van der Waals surface area contributed by atoms with Crippen LogP contribution in [-0.4, -0.2) is 27.0 Å². The number of benzene rings is 1. The van der Waals surface area contributed by atoms with Gasteiger partial charge in [0.25, 0.3) is 0 Å². The molecule has 0 aliphatic carbocycles. The van der Waals surface area contributed by atoms with Crippen LogP contribution in [0.3, 0.4) is 0 Å². The third-order valence-electron chi connectivity index (χ3n) is 3.49. The summed E-state index contributed by atoms with van der Waals surface area (Å²) < 4.78 is 0. The standard InChI is InChI=1S/C15H21N3O2/c1-10-12(9-17-18-10)4-3-7-16-11(2)14-8-13(19)5-6-15(14)20/h5-6,8-9,11,16,19-20H,3-4,7H2,1-2H3,(H,17,18). The number of phenols is 2. The average Bonchev–Trinajstić information content (AvgIpc) is 2.83. The summed E-state index contributed by atoms with van der Waals surface area (Å²) in [5, 5.41) is 29.5. The highest BCUT2D eigenvalue weighted by atomic mass is 16.3. The quantitative estimate of drug-likeness (QED) is 0.482. The molecule has 0 aliphatic heterocycles. The van der Waals surface area contributed by atoms with Crippen LogP contribution in [0.2, 0.25) is 0 Å². The van der Waals surface area contributed by atoms with Crippen LogP contribution in [-0.2, 0) is 6.42 Å². The molecular formula is C15H21N3O2. The number of aromatic amines is 1. The van der Waals surface area contributed by atoms with Crippen molar-refractivity contribution in [2.45, 2.75) is 32.7 Å². The van der Waals surface area contributed by atoms with Gasteiger partial charge in [0.05, 0.1) is 6.20 Å². The molecule has 0 radical (unpaired) electrons. The Morgan fingerprint density at radius 2 is 2.15 bits per heavy atom. The van der Waals surface area contributed by atoms with Crippen LogP contribution in [0.15, 0.2) is 24.4 Å². The number of nitrogens with one attached hydrogen (secondary N) is 2. The molecule has 1 aromatic heterocycles. The molecule has 0 bridgehead atoms. The van der Waals surface area contributed by atoms with Crippen LogP contribution < -0.4 is 5.32 Å². The summed E-state index contributed by atoms with van der Waals surface area (Å²) in [5.41, 5.74) is 3.06. The summed E-state index contributed by atoms with van der Waals surface area (Å²) in [6, 6.07) is 4.57. The number of phenolic OH excluding ortho intramolecular Hbond substituents is 2. The molecule has 20 heavy (non-hydrogen) atoms. The van der Waals surface area contributed by atoms with E-state index in [1.54, 1.807) is 6.07 Å². The van der Waals surface area contributed by atoms with Crippen LogP contribution in [0.1, 0.15) is 36.2 Å². The van der Waals surface area contributed by atoms with Gasteiger partial charge < -0.3 is 15.5 Å². The summed E-state index contributed by atoms with van der Waals surface area (Å²) in [6.07, 6.45) is 3.82. The number of hydrogen-bond donors (Lipinski definition) is 4. The highest BCUT2D eigenvalue weighted by Gasteiger charge is 2.10. The Hall–Kier alpha value is -2.01. The zero-order valence-electron chi connectivity index (χ0n) is 11.8. The first-order valence-electron chi connectivity index (χ1n) is 6.82. The molecule has 0 saturated carbocycles. The van der Waals surface area contributed by atoms with E-state index in [1.165, 1.54) is 17.7 Å². The predicted molar refractivity (Wildman–Crippen MR) is 77.8 cm³/mol. The minimum atomic E-state index is -0.00690. The molecule has 1 atom stereocenters. The second kappa shape index (κ2) is 6.43. The molecule has 0 aliphatic rings. The van der Waals surface area contributed by atoms with Crippen molar-refractivity contribution in [3.8, 4) is 11.5 Å². The molecule has 108 valence electrons. The molecule has 2 aromatic rings. The minimum absolute atomic E-state index is 0.00690. The van der Waals surface area contributed by atoms with E-state index in [-0.39, 0.29) is 17.5 Å². The normalized spacial score (nSPS) is 12.5. The van der Waals surface area contributed by atoms with Crippen molar-refractivity contribution in [2.24, 2.45) is 0 Å². The Kier molecular flexibility index (Phi) is 4.63. The number of rotatable bonds is 6. The van der Waals surface area contributed by atoms with Crippen molar-refractivity contribution in [3.63, 3.8) is 0 Å². The van der Waals surface area contributed by atoms with Gasteiger partial charge in [-0.3, -0.25) is 5.10 Å². The molecule has 2 rings (SSSR count). The van der Waals surface area contributed by atoms with Crippen molar-refractivity contribution >= 4 is 0 Å². The molecule has 1 unspecified atom stereocenters. The van der Waals surface area contributed by atoms with E-state index < -0.39 is 0 Å². The van der Waals surface area contributed by atoms with Crippen LogP contribution in [0, 0.1) is 6.92 Å². The molecule has 4 N–H and O–H groups in total. The van der Waals surface area contributed by atoms with Gasteiger partial charge in [-0.05, 0) is 57.0 Å². The smallest absolute Gasteiger partial charge is 0.120 e. The third kappa shape index (κ3) is 3.51. The fourth-order valence-electron chi connectivity index (χ4n) is 2.22. The van der Waals surface area contributed by atoms with Gasteiger partial charge in [0.15, 0.2) is 0 Å². The molecule has 0 spiro atoms. The Bertz CT molecular complexity index is 566. The molecule has 0 saturated heterocycles. The summed E-state index contributed by atoms with van der Waals surface area (Å²) >= 11 is 0. The summed E-state index contributed by atoms with van der Waals surface area (Å²) in [7, 11) is 0. The molecule has 5 nitrogen and oxygen atoms in total. The van der Waals surface area contributed by atoms with Crippen molar-refractivity contribution in [1.82, 2.24) is 15.5 Å². The van der Waals surface area contributed by atoms with Gasteiger partial charge in [0.2, 0.25) is 0 Å². The van der Waals surface area contributed by atoms with Gasteiger partial charge in [-0.2, -0.15) is 5.10 Å². The Morgan fingerprint density at radius 1 is 1.35 bits per heavy atom. The number of nitrogens with zero attached hydrogens (tertiary/aromatic N) is 1. The van der Waals surface area contributed by atoms with E-state index in [0.717, 1.165) is 25.1 Å². The SMILES string of the molecule is Cc1[nH]ncc1CCCNC(C)c1cc(O)ccc1O. The number of H-pyrrole nitrogens is 1. The molecule has 1 aromatic carbocycles. The topological polar surface area (TPSA) is 81.2 Å². The number of aromatic nitrogens is 2. The molecule has 5 heteroatoms. The lowest BCUT2D eigenvalue weighted by Crippen LogP contribution is -2.20. The van der Waals surface area contributed by atoms with Crippen LogP contribution >= 0.6 is 0 Å². The summed E-state index contributed by atoms with van der Waals surface area (Å²) in [4.78, 5) is 0. The highest BCUT2D eigenvalue weighted by Crippen LogP contribution is 2.27. The van der Waals surface area contributed by atoms with Gasteiger partial charge in [-0.15, -0.1) is 0 Å². The Morgan fingerprint density at radius 3 is 2.85 bits per heavy atom. The first-order valence-corrected chi connectivity index (χ1v) is 6.82. The van der Waals surface area contributed by atoms with Gasteiger partial charge in [-0.25, -0.2) is 0 Å². The third-order valence-corrected chi connectivity index (χ3v) is 3.49. The number of aryl methyl sites for hydroxylation is 2. The van der Waals surface area contributed by atoms with Crippen molar-refractivity contribution < 1.29 is 10.2 Å². The fraction of sp³-hybridized carbons (Fsp3) is 0.400. The van der Waals surface area contributed by atoms with Crippen molar-refractivity contribution in [3.05, 3.63) is 41.2 Å². The number of hydrogen-bond acceptors (Lipinski definition) is 4. The summed E-state index contributed by atoms with van der Waals surface area (Å²) in [5.74, 6) is 0.369. The maximum absolute atomic E-state index is 9.79. The lowest BCUT2D eigenvalue weighted by Gasteiger charge is -2.15. The second-order valence-electron chi connectivity index (χ2n) is 5.04. The molecule has 0 amide bonds. The van der Waals surface area contributed by atoms with E-state index in [9.17, 15) is 10.2 Å². The zero-order chi connectivity index (χ0) is 14.5. The lowest BCUT2D eigenvalue weighted by atomic mass is 10.1. The van der Waals surface area contributed by atoms with E-state index in [1.807, 2.05) is 20.0 Å². The fourth-order valence-corrected chi connectivity index (χ4v) is 2.22. The van der Waals surface area contributed by atoms with Gasteiger partial charge in [-0.1, -0.05) is 0 Å². The Labute approximate surface area is 118 Å². The molecule has 1 heterocycles. The zero-order valence-corrected chi connectivity index (χ0v) is 11.8. The maximum atomic E-state index is 9.79. The van der Waals surface area contributed by atoms with E-state index in [2.05, 4.69) is 15.5 Å². The van der Waals surface area contributed by atoms with Crippen molar-refractivity contribution in [2.75, 3.05) is 6.54 Å². The Balaban J connectivity index is 1.82. The van der Waals surface area contributed by atoms with Crippen LogP contribution in [0.5, 0.6) is 11.5 Å². The average molecular weight is 275 g/mol. The van der Waals surface area contributed by atoms with Gasteiger partial charge in [0.1, 0.15) is 11.5 Å². The van der Waals surface area contributed by atoms with Crippen molar-refractivity contribution in [1.29, 1.82) is 0 Å². The maximum Gasteiger partial charge on any atom is 0.120 e. The van der Waals surface area contributed by atoms with E-state index >= 15 is 0 Å². The van der Waals surface area contributed by atoms with Gasteiger partial charge >= 0.3 is 0 Å². The van der Waals surface area contributed by atoms with Crippen LogP contribution in [0.25, 0.3) is 0 Å². The van der Waals surface area contributed by atoms with Gasteiger partial charge in [0, 0.05) is 17.3 Å². The minimum Gasteiger partial charge on any atom is -0.508 e. The summed E-state index contributed by atoms with van der Waals surface area (Å²) in [6.45, 7) is 4.82. The molecular weight excluding hydrogens is 254 g/mol. The second-order valence-corrected chi connectivity index (χ2v) is 5.04. The monoisotopic (exact) mass is 275 g/mol.